The van der Waals surface area contributed by atoms with Gasteiger partial charge in [0.2, 0.25) is 5.91 Å². The molecule has 0 heterocycles. The van der Waals surface area contributed by atoms with Crippen LogP contribution in [-0.2, 0) is 4.79 Å². The van der Waals surface area contributed by atoms with Crippen LogP contribution in [0.25, 0.3) is 0 Å². The highest BCUT2D eigenvalue weighted by atomic mass is 127. The second kappa shape index (κ2) is 7.71. The van der Waals surface area contributed by atoms with E-state index in [0.717, 1.165) is 29.3 Å². The minimum atomic E-state index is -0.282. The Bertz CT molecular complexity index is 409. The minimum absolute atomic E-state index is 0.0375. The molecule has 0 radical (unpaired) electrons. The Kier molecular flexibility index (Phi) is 6.60. The van der Waals surface area contributed by atoms with Gasteiger partial charge >= 0.3 is 0 Å². The fourth-order valence-corrected chi connectivity index (χ4v) is 2.41. The van der Waals surface area contributed by atoms with E-state index in [-0.39, 0.29) is 17.6 Å². The Morgan fingerprint density at radius 1 is 1.44 bits per heavy atom. The molecule has 1 N–H and O–H groups in total. The Hall–Kier alpha value is -0.650. The second-order valence-electron chi connectivity index (χ2n) is 4.36. The molecular formula is C14H19FINO. The van der Waals surface area contributed by atoms with Crippen molar-refractivity contribution in [2.24, 2.45) is 5.92 Å². The number of carbonyl (C=O) groups excluding carboxylic acids is 1. The molecule has 1 rings (SSSR count). The largest absolute Gasteiger partial charge is 0.325 e. The first-order chi connectivity index (χ1) is 8.58. The van der Waals surface area contributed by atoms with E-state index >= 15 is 0 Å². The van der Waals surface area contributed by atoms with E-state index in [1.54, 1.807) is 6.07 Å². The number of carbonyl (C=O) groups is 1. The van der Waals surface area contributed by atoms with Crippen LogP contribution in [-0.4, -0.2) is 5.91 Å². The van der Waals surface area contributed by atoms with Gasteiger partial charge in [-0.3, -0.25) is 4.79 Å². The lowest BCUT2D eigenvalue weighted by atomic mass is 9.98. The van der Waals surface area contributed by atoms with Gasteiger partial charge in [-0.15, -0.1) is 0 Å². The number of anilines is 1. The van der Waals surface area contributed by atoms with Crippen molar-refractivity contribution in [2.45, 2.75) is 39.5 Å². The molecule has 100 valence electrons. The summed E-state index contributed by atoms with van der Waals surface area (Å²) in [5.41, 5.74) is 0.692. The van der Waals surface area contributed by atoms with Crippen LogP contribution in [0.1, 0.15) is 39.5 Å². The van der Waals surface area contributed by atoms with Crippen molar-refractivity contribution in [1.82, 2.24) is 0 Å². The van der Waals surface area contributed by atoms with Gasteiger partial charge in [-0.05, 0) is 53.6 Å². The predicted octanol–water partition coefficient (Wildman–Crippen LogP) is 4.59. The molecule has 1 aromatic rings. The van der Waals surface area contributed by atoms with Gasteiger partial charge in [0.25, 0.3) is 0 Å². The first-order valence-corrected chi connectivity index (χ1v) is 7.42. The first-order valence-electron chi connectivity index (χ1n) is 6.34. The van der Waals surface area contributed by atoms with Gasteiger partial charge < -0.3 is 5.32 Å². The van der Waals surface area contributed by atoms with Crippen molar-refractivity contribution in [3.8, 4) is 0 Å². The molecule has 4 heteroatoms. The smallest absolute Gasteiger partial charge is 0.227 e. The normalized spacial score (nSPS) is 12.2. The molecule has 1 atom stereocenters. The van der Waals surface area contributed by atoms with E-state index in [0.29, 0.717) is 5.69 Å². The average molecular weight is 363 g/mol. The summed E-state index contributed by atoms with van der Waals surface area (Å²) < 4.78 is 13.7. The Morgan fingerprint density at radius 2 is 2.17 bits per heavy atom. The molecule has 0 aromatic heterocycles. The number of nitrogens with one attached hydrogen (secondary N) is 1. The van der Waals surface area contributed by atoms with Crippen LogP contribution in [0.2, 0.25) is 0 Å². The molecule has 0 aliphatic carbocycles. The minimum Gasteiger partial charge on any atom is -0.325 e. The molecule has 0 bridgehead atoms. The molecule has 0 saturated heterocycles. The van der Waals surface area contributed by atoms with E-state index in [4.69, 9.17) is 0 Å². The monoisotopic (exact) mass is 363 g/mol. The fourth-order valence-electron chi connectivity index (χ4n) is 1.80. The van der Waals surface area contributed by atoms with Gasteiger partial charge in [0, 0.05) is 9.49 Å². The Morgan fingerprint density at radius 3 is 2.72 bits per heavy atom. The molecule has 0 spiro atoms. The fraction of sp³-hybridized carbons (Fsp3) is 0.500. The van der Waals surface area contributed by atoms with Crippen molar-refractivity contribution >= 4 is 34.2 Å². The second-order valence-corrected chi connectivity index (χ2v) is 5.52. The number of halogens is 2. The van der Waals surface area contributed by atoms with Crippen molar-refractivity contribution in [3.05, 3.63) is 27.6 Å². The van der Waals surface area contributed by atoms with E-state index < -0.39 is 0 Å². The molecule has 0 aliphatic heterocycles. The van der Waals surface area contributed by atoms with Crippen LogP contribution < -0.4 is 5.32 Å². The van der Waals surface area contributed by atoms with Crippen LogP contribution >= 0.6 is 22.6 Å². The summed E-state index contributed by atoms with van der Waals surface area (Å²) >= 11 is 2.03. The summed E-state index contributed by atoms with van der Waals surface area (Å²) in [5, 5.41) is 2.88. The summed E-state index contributed by atoms with van der Waals surface area (Å²) in [6.45, 7) is 4.14. The van der Waals surface area contributed by atoms with Gasteiger partial charge in [0.05, 0.1) is 5.69 Å². The lowest BCUT2D eigenvalue weighted by Crippen LogP contribution is -2.22. The molecule has 2 nitrogen and oxygen atoms in total. The Balaban J connectivity index is 2.67. The molecule has 0 fully saturated rings. The Labute approximate surface area is 121 Å². The van der Waals surface area contributed by atoms with Gasteiger partial charge in [-0.2, -0.15) is 0 Å². The number of amides is 1. The average Bonchev–Trinajstić information content (AvgIpc) is 2.34. The van der Waals surface area contributed by atoms with Crippen LogP contribution in [0.4, 0.5) is 10.1 Å². The number of benzene rings is 1. The summed E-state index contributed by atoms with van der Waals surface area (Å²) in [6.07, 6.45) is 3.91. The first kappa shape index (κ1) is 15.4. The summed E-state index contributed by atoms with van der Waals surface area (Å²) in [7, 11) is 0. The van der Waals surface area contributed by atoms with Gasteiger partial charge in [0.1, 0.15) is 5.82 Å². The zero-order valence-corrected chi connectivity index (χ0v) is 13.0. The van der Waals surface area contributed by atoms with Crippen LogP contribution in [0.5, 0.6) is 0 Å². The maximum atomic E-state index is 13.0. The molecule has 1 amide bonds. The third kappa shape index (κ3) is 4.55. The number of rotatable bonds is 6. The van der Waals surface area contributed by atoms with Gasteiger partial charge in [-0.1, -0.05) is 26.7 Å². The predicted molar refractivity (Wildman–Crippen MR) is 81.1 cm³/mol. The van der Waals surface area contributed by atoms with Crippen molar-refractivity contribution in [2.75, 3.05) is 5.32 Å². The van der Waals surface area contributed by atoms with Crippen molar-refractivity contribution < 1.29 is 9.18 Å². The SMILES string of the molecule is CCCCC(CC)C(=O)Nc1ccc(F)cc1I. The topological polar surface area (TPSA) is 29.1 Å². The van der Waals surface area contributed by atoms with E-state index in [9.17, 15) is 9.18 Å². The van der Waals surface area contributed by atoms with Crippen LogP contribution in [0, 0.1) is 15.3 Å². The maximum Gasteiger partial charge on any atom is 0.227 e. The molecule has 0 saturated carbocycles. The van der Waals surface area contributed by atoms with E-state index in [1.165, 1.54) is 12.1 Å². The molecular weight excluding hydrogens is 344 g/mol. The molecule has 18 heavy (non-hydrogen) atoms. The van der Waals surface area contributed by atoms with Gasteiger partial charge in [0.15, 0.2) is 0 Å². The molecule has 0 aliphatic rings. The number of hydrogen-bond acceptors (Lipinski definition) is 1. The van der Waals surface area contributed by atoms with E-state index in [2.05, 4.69) is 12.2 Å². The van der Waals surface area contributed by atoms with E-state index in [1.807, 2.05) is 29.5 Å². The highest BCUT2D eigenvalue weighted by molar-refractivity contribution is 14.1. The third-order valence-electron chi connectivity index (χ3n) is 2.96. The third-order valence-corrected chi connectivity index (χ3v) is 3.85. The van der Waals surface area contributed by atoms with Crippen molar-refractivity contribution in [3.63, 3.8) is 0 Å². The van der Waals surface area contributed by atoms with Crippen molar-refractivity contribution in [1.29, 1.82) is 0 Å². The maximum absolute atomic E-state index is 13.0. The molecule has 1 aromatic carbocycles. The number of unbranched alkanes of at least 4 members (excludes halogenated alkanes) is 1. The van der Waals surface area contributed by atoms with Crippen LogP contribution in [0.3, 0.4) is 0 Å². The zero-order valence-electron chi connectivity index (χ0n) is 10.8. The summed E-state index contributed by atoms with van der Waals surface area (Å²) in [4.78, 5) is 12.1. The molecule has 1 unspecified atom stereocenters. The van der Waals surface area contributed by atoms with Gasteiger partial charge in [-0.25, -0.2) is 4.39 Å². The summed E-state index contributed by atoms with van der Waals surface area (Å²) in [6, 6.07) is 4.40. The summed E-state index contributed by atoms with van der Waals surface area (Å²) in [5.74, 6) is -0.197. The number of hydrogen-bond donors (Lipinski definition) is 1. The quantitative estimate of drug-likeness (QED) is 0.737. The van der Waals surface area contributed by atoms with Crippen LogP contribution in [0.15, 0.2) is 18.2 Å². The standard InChI is InChI=1S/C14H19FINO/c1-3-5-6-10(4-2)14(18)17-13-8-7-11(15)9-12(13)16/h7-10H,3-6H2,1-2H3,(H,17,18). The zero-order chi connectivity index (χ0) is 13.5. The highest BCUT2D eigenvalue weighted by Gasteiger charge is 2.16. The lowest BCUT2D eigenvalue weighted by Gasteiger charge is -2.15. The highest BCUT2D eigenvalue weighted by Crippen LogP contribution is 2.21. The lowest BCUT2D eigenvalue weighted by molar-refractivity contribution is -0.120.